The van der Waals surface area contributed by atoms with Crippen molar-refractivity contribution in [3.05, 3.63) is 66.5 Å². The molecule has 27 heavy (non-hydrogen) atoms. The van der Waals surface area contributed by atoms with Crippen LogP contribution < -0.4 is 4.90 Å². The third kappa shape index (κ3) is 3.92. The molecule has 1 aromatic carbocycles. The predicted octanol–water partition coefficient (Wildman–Crippen LogP) is 2.83. The molecular formula is C20H22N6O. The normalized spacial score (nSPS) is 11.7. The van der Waals surface area contributed by atoms with Gasteiger partial charge in [0.15, 0.2) is 5.82 Å². The van der Waals surface area contributed by atoms with Gasteiger partial charge in [-0.3, -0.25) is 9.78 Å². The number of nitrogens with zero attached hydrogens (tertiary/aromatic N) is 6. The molecular weight excluding hydrogens is 340 g/mol. The molecule has 1 amide bonds. The number of carbonyl (C=O) groups excluding carboxylic acids is 1. The van der Waals surface area contributed by atoms with Gasteiger partial charge in [0.1, 0.15) is 12.0 Å². The van der Waals surface area contributed by atoms with Gasteiger partial charge in [0, 0.05) is 50.9 Å². The summed E-state index contributed by atoms with van der Waals surface area (Å²) in [6, 6.07) is 9.09. The Balaban J connectivity index is 1.91. The molecule has 0 bridgehead atoms. The summed E-state index contributed by atoms with van der Waals surface area (Å²) in [5, 5.41) is 0. The molecule has 3 aromatic rings. The van der Waals surface area contributed by atoms with Crippen molar-refractivity contribution >= 4 is 11.7 Å². The van der Waals surface area contributed by atoms with Gasteiger partial charge < -0.3 is 9.80 Å². The van der Waals surface area contributed by atoms with Crippen LogP contribution >= 0.6 is 0 Å². The number of aromatic nitrogens is 4. The minimum Gasteiger partial charge on any atom is -0.361 e. The molecule has 0 N–H and O–H groups in total. The van der Waals surface area contributed by atoms with Crippen LogP contribution in [0.2, 0.25) is 0 Å². The fourth-order valence-electron chi connectivity index (χ4n) is 2.79. The SMILES string of the molecule is C[C@@H](c1ccncn1)N(C)C(=O)c1cccc(-c2nccnc2N(C)C)c1. The molecule has 7 nitrogen and oxygen atoms in total. The molecule has 0 radical (unpaired) electrons. The first-order chi connectivity index (χ1) is 13.0. The summed E-state index contributed by atoms with van der Waals surface area (Å²) in [6.45, 7) is 1.94. The summed E-state index contributed by atoms with van der Waals surface area (Å²) in [5.41, 5.74) is 2.97. The lowest BCUT2D eigenvalue weighted by Crippen LogP contribution is -2.30. The third-order valence-corrected chi connectivity index (χ3v) is 4.42. The molecule has 0 aliphatic carbocycles. The molecule has 0 aliphatic rings. The molecule has 138 valence electrons. The van der Waals surface area contributed by atoms with Crippen LogP contribution in [0, 0.1) is 0 Å². The predicted molar refractivity (Wildman–Crippen MR) is 104 cm³/mol. The minimum atomic E-state index is -0.169. The summed E-state index contributed by atoms with van der Waals surface area (Å²) >= 11 is 0. The molecule has 2 aromatic heterocycles. The van der Waals surface area contributed by atoms with Crippen molar-refractivity contribution in [3.63, 3.8) is 0 Å². The molecule has 1 atom stereocenters. The Labute approximate surface area is 158 Å². The van der Waals surface area contributed by atoms with Crippen LogP contribution in [-0.4, -0.2) is 51.9 Å². The first-order valence-corrected chi connectivity index (χ1v) is 8.61. The van der Waals surface area contributed by atoms with Gasteiger partial charge in [-0.1, -0.05) is 12.1 Å². The standard InChI is InChI=1S/C20H22N6O/c1-14(17-8-9-21-13-24-17)26(4)20(27)16-7-5-6-15(12-16)18-19(25(2)3)23-11-10-22-18/h5-14H,1-4H3/t14-/m0/s1. The van der Waals surface area contributed by atoms with Crippen LogP contribution in [0.1, 0.15) is 29.0 Å². The van der Waals surface area contributed by atoms with Crippen molar-refractivity contribution < 1.29 is 4.79 Å². The Kier molecular flexibility index (Phi) is 5.40. The van der Waals surface area contributed by atoms with Gasteiger partial charge in [0.05, 0.1) is 11.7 Å². The van der Waals surface area contributed by atoms with Gasteiger partial charge in [0.2, 0.25) is 0 Å². The monoisotopic (exact) mass is 362 g/mol. The van der Waals surface area contributed by atoms with E-state index in [0.29, 0.717) is 5.56 Å². The maximum atomic E-state index is 13.0. The van der Waals surface area contributed by atoms with Crippen molar-refractivity contribution in [1.82, 2.24) is 24.8 Å². The van der Waals surface area contributed by atoms with E-state index >= 15 is 0 Å². The van der Waals surface area contributed by atoms with Crippen molar-refractivity contribution in [2.75, 3.05) is 26.0 Å². The maximum Gasteiger partial charge on any atom is 0.254 e. The lowest BCUT2D eigenvalue weighted by atomic mass is 10.1. The van der Waals surface area contributed by atoms with Gasteiger partial charge in [0.25, 0.3) is 5.91 Å². The molecule has 0 unspecified atom stereocenters. The van der Waals surface area contributed by atoms with Crippen molar-refractivity contribution in [1.29, 1.82) is 0 Å². The maximum absolute atomic E-state index is 13.0. The van der Waals surface area contributed by atoms with E-state index in [4.69, 9.17) is 0 Å². The van der Waals surface area contributed by atoms with Crippen LogP contribution in [0.4, 0.5) is 5.82 Å². The summed E-state index contributed by atoms with van der Waals surface area (Å²) < 4.78 is 0. The van der Waals surface area contributed by atoms with E-state index in [9.17, 15) is 4.79 Å². The van der Waals surface area contributed by atoms with Gasteiger partial charge in [-0.05, 0) is 25.1 Å². The highest BCUT2D eigenvalue weighted by molar-refractivity contribution is 5.95. The zero-order chi connectivity index (χ0) is 19.4. The zero-order valence-corrected chi connectivity index (χ0v) is 15.9. The largest absolute Gasteiger partial charge is 0.361 e. The van der Waals surface area contributed by atoms with Crippen LogP contribution in [-0.2, 0) is 0 Å². The number of hydrogen-bond acceptors (Lipinski definition) is 6. The molecule has 0 fully saturated rings. The Bertz CT molecular complexity index is 929. The third-order valence-electron chi connectivity index (χ3n) is 4.42. The second-order valence-corrected chi connectivity index (χ2v) is 6.43. The van der Waals surface area contributed by atoms with E-state index in [1.807, 2.05) is 50.2 Å². The average molecular weight is 362 g/mol. The summed E-state index contributed by atoms with van der Waals surface area (Å²) in [4.78, 5) is 33.6. The van der Waals surface area contributed by atoms with E-state index in [1.165, 1.54) is 6.33 Å². The van der Waals surface area contributed by atoms with Gasteiger partial charge in [-0.15, -0.1) is 0 Å². The smallest absolute Gasteiger partial charge is 0.254 e. The van der Waals surface area contributed by atoms with Gasteiger partial charge in [-0.25, -0.2) is 15.0 Å². The average Bonchev–Trinajstić information content (AvgIpc) is 2.72. The minimum absolute atomic E-state index is 0.0849. The van der Waals surface area contributed by atoms with Crippen LogP contribution in [0.25, 0.3) is 11.3 Å². The van der Waals surface area contributed by atoms with Crippen molar-refractivity contribution in [3.8, 4) is 11.3 Å². The Morgan fingerprint density at radius 3 is 2.48 bits per heavy atom. The number of carbonyl (C=O) groups is 1. The van der Waals surface area contributed by atoms with E-state index < -0.39 is 0 Å². The Morgan fingerprint density at radius 2 is 1.78 bits per heavy atom. The second-order valence-electron chi connectivity index (χ2n) is 6.43. The quantitative estimate of drug-likeness (QED) is 0.695. The molecule has 2 heterocycles. The fourth-order valence-corrected chi connectivity index (χ4v) is 2.79. The number of rotatable bonds is 5. The molecule has 3 rings (SSSR count). The molecule has 7 heteroatoms. The Hall–Kier alpha value is -3.35. The van der Waals surface area contributed by atoms with E-state index in [2.05, 4.69) is 19.9 Å². The first-order valence-electron chi connectivity index (χ1n) is 8.61. The van der Waals surface area contributed by atoms with E-state index in [-0.39, 0.29) is 11.9 Å². The number of anilines is 1. The Morgan fingerprint density at radius 1 is 1.00 bits per heavy atom. The molecule has 0 saturated carbocycles. The van der Waals surface area contributed by atoms with Crippen molar-refractivity contribution in [2.45, 2.75) is 13.0 Å². The fraction of sp³-hybridized carbons (Fsp3) is 0.250. The topological polar surface area (TPSA) is 75.1 Å². The highest BCUT2D eigenvalue weighted by Gasteiger charge is 2.20. The van der Waals surface area contributed by atoms with E-state index in [0.717, 1.165) is 22.8 Å². The summed E-state index contributed by atoms with van der Waals surface area (Å²) in [6.07, 6.45) is 6.47. The van der Waals surface area contributed by atoms with Crippen molar-refractivity contribution in [2.24, 2.45) is 0 Å². The lowest BCUT2D eigenvalue weighted by Gasteiger charge is -2.24. The number of amides is 1. The molecule has 0 spiro atoms. The molecule has 0 saturated heterocycles. The van der Waals surface area contributed by atoms with Gasteiger partial charge >= 0.3 is 0 Å². The molecule has 0 aliphatic heterocycles. The van der Waals surface area contributed by atoms with Crippen LogP contribution in [0.3, 0.4) is 0 Å². The first kappa shape index (κ1) is 18.4. The number of hydrogen-bond donors (Lipinski definition) is 0. The highest BCUT2D eigenvalue weighted by atomic mass is 16.2. The summed E-state index contributed by atoms with van der Waals surface area (Å²) in [7, 11) is 5.61. The van der Waals surface area contributed by atoms with Crippen LogP contribution in [0.15, 0.2) is 55.2 Å². The summed E-state index contributed by atoms with van der Waals surface area (Å²) in [5.74, 6) is 0.670. The zero-order valence-electron chi connectivity index (χ0n) is 15.9. The highest BCUT2D eigenvalue weighted by Crippen LogP contribution is 2.27. The van der Waals surface area contributed by atoms with E-state index in [1.54, 1.807) is 36.6 Å². The van der Waals surface area contributed by atoms with Crippen LogP contribution in [0.5, 0.6) is 0 Å². The second kappa shape index (κ2) is 7.90. The number of benzene rings is 1. The van der Waals surface area contributed by atoms with Gasteiger partial charge in [-0.2, -0.15) is 0 Å². The lowest BCUT2D eigenvalue weighted by molar-refractivity contribution is 0.0739.